The fraction of sp³-hybridized carbons (Fsp3) is 0.125. The molecule has 1 aromatic heterocycles. The van der Waals surface area contributed by atoms with E-state index in [1.807, 2.05) is 65.5 Å². The van der Waals surface area contributed by atoms with E-state index >= 15 is 0 Å². The number of amides is 1. The fourth-order valence-electron chi connectivity index (χ4n) is 2.19. The Morgan fingerprint density at radius 3 is 2.85 bits per heavy atom. The van der Waals surface area contributed by atoms with Gasteiger partial charge in [-0.15, -0.1) is 11.3 Å². The Kier molecular flexibility index (Phi) is 3.48. The first-order valence-electron chi connectivity index (χ1n) is 6.50. The highest BCUT2D eigenvalue weighted by Gasteiger charge is 2.08. The maximum Gasteiger partial charge on any atom is 0.280 e. The van der Waals surface area contributed by atoms with E-state index in [-0.39, 0.29) is 5.91 Å². The maximum atomic E-state index is 12.4. The first-order chi connectivity index (χ1) is 9.79. The molecule has 0 saturated carbocycles. The van der Waals surface area contributed by atoms with Gasteiger partial charge in [0.2, 0.25) is 0 Å². The zero-order valence-corrected chi connectivity index (χ0v) is 11.9. The number of nitrogens with zero attached hydrogens (tertiary/aromatic N) is 2. The van der Waals surface area contributed by atoms with Crippen LogP contribution in [0.2, 0.25) is 0 Å². The van der Waals surface area contributed by atoms with Crippen molar-refractivity contribution in [2.24, 2.45) is 4.99 Å². The number of aromatic nitrogens is 1. The van der Waals surface area contributed by atoms with Crippen molar-refractivity contribution >= 4 is 28.0 Å². The van der Waals surface area contributed by atoms with Crippen molar-refractivity contribution in [2.75, 3.05) is 0 Å². The third-order valence-corrected chi connectivity index (χ3v) is 4.01. The molecule has 0 fully saturated rings. The predicted octanol–water partition coefficient (Wildman–Crippen LogP) is 3.46. The van der Waals surface area contributed by atoms with E-state index in [4.69, 9.17) is 0 Å². The van der Waals surface area contributed by atoms with Gasteiger partial charge in [0, 0.05) is 23.7 Å². The van der Waals surface area contributed by atoms with Gasteiger partial charge in [-0.25, -0.2) is 0 Å². The molecule has 2 aromatic carbocycles. The van der Waals surface area contributed by atoms with Crippen molar-refractivity contribution in [3.8, 4) is 0 Å². The zero-order chi connectivity index (χ0) is 13.9. The average Bonchev–Trinajstić information content (AvgIpc) is 2.93. The second-order valence-electron chi connectivity index (χ2n) is 4.42. The molecule has 0 N–H and O–H groups in total. The summed E-state index contributed by atoms with van der Waals surface area (Å²) in [5.41, 5.74) is 0.652. The Morgan fingerprint density at radius 1 is 1.20 bits per heavy atom. The standard InChI is InChI=1S/C16H14N2OS/c1-2-18-10-11-20-16(18)17-15(19)14-9-5-7-12-6-3-4-8-13(12)14/h3-11H,2H2,1H3. The predicted molar refractivity (Wildman–Crippen MR) is 81.8 cm³/mol. The van der Waals surface area contributed by atoms with Crippen LogP contribution in [0.5, 0.6) is 0 Å². The van der Waals surface area contributed by atoms with Crippen molar-refractivity contribution in [2.45, 2.75) is 13.5 Å². The van der Waals surface area contributed by atoms with E-state index in [1.165, 1.54) is 11.3 Å². The van der Waals surface area contributed by atoms with E-state index in [2.05, 4.69) is 4.99 Å². The van der Waals surface area contributed by atoms with Crippen LogP contribution in [0.3, 0.4) is 0 Å². The van der Waals surface area contributed by atoms with Gasteiger partial charge in [-0.2, -0.15) is 4.99 Å². The Labute approximate surface area is 120 Å². The second-order valence-corrected chi connectivity index (χ2v) is 5.29. The topological polar surface area (TPSA) is 34.4 Å². The molecule has 0 aliphatic rings. The Bertz CT molecular complexity index is 824. The van der Waals surface area contributed by atoms with Crippen LogP contribution in [0, 0.1) is 0 Å². The quantitative estimate of drug-likeness (QED) is 0.708. The molecule has 1 heterocycles. The number of hydrogen-bond acceptors (Lipinski definition) is 2. The Balaban J connectivity index is 2.12. The van der Waals surface area contributed by atoms with Gasteiger partial charge in [0.1, 0.15) is 0 Å². The van der Waals surface area contributed by atoms with E-state index < -0.39 is 0 Å². The summed E-state index contributed by atoms with van der Waals surface area (Å²) in [4.78, 5) is 17.4. The van der Waals surface area contributed by atoms with Gasteiger partial charge in [0.15, 0.2) is 4.80 Å². The van der Waals surface area contributed by atoms with Gasteiger partial charge < -0.3 is 4.57 Å². The molecule has 0 radical (unpaired) electrons. The van der Waals surface area contributed by atoms with E-state index in [1.54, 1.807) is 0 Å². The number of fused-ring (bicyclic) bond motifs is 1. The fourth-order valence-corrected chi connectivity index (χ4v) is 2.98. The zero-order valence-electron chi connectivity index (χ0n) is 11.1. The first kappa shape index (κ1) is 12.8. The molecule has 20 heavy (non-hydrogen) atoms. The number of aryl methyl sites for hydroxylation is 1. The first-order valence-corrected chi connectivity index (χ1v) is 7.38. The number of hydrogen-bond donors (Lipinski definition) is 0. The molecule has 100 valence electrons. The molecule has 4 heteroatoms. The smallest absolute Gasteiger partial charge is 0.280 e. The van der Waals surface area contributed by atoms with Gasteiger partial charge in [0.25, 0.3) is 5.91 Å². The van der Waals surface area contributed by atoms with Crippen LogP contribution < -0.4 is 4.80 Å². The van der Waals surface area contributed by atoms with Gasteiger partial charge in [-0.05, 0) is 23.8 Å². The number of rotatable bonds is 2. The monoisotopic (exact) mass is 282 g/mol. The van der Waals surface area contributed by atoms with Crippen molar-refractivity contribution in [1.29, 1.82) is 0 Å². The summed E-state index contributed by atoms with van der Waals surface area (Å²) in [5, 5.41) is 3.95. The number of carbonyl (C=O) groups is 1. The highest BCUT2D eigenvalue weighted by atomic mass is 32.1. The highest BCUT2D eigenvalue weighted by Crippen LogP contribution is 2.19. The molecule has 0 saturated heterocycles. The minimum absolute atomic E-state index is 0.188. The molecule has 3 rings (SSSR count). The van der Waals surface area contributed by atoms with Gasteiger partial charge >= 0.3 is 0 Å². The summed E-state index contributed by atoms with van der Waals surface area (Å²) in [7, 11) is 0. The summed E-state index contributed by atoms with van der Waals surface area (Å²) in [6.07, 6.45) is 1.94. The number of carbonyl (C=O) groups excluding carboxylic acids is 1. The summed E-state index contributed by atoms with van der Waals surface area (Å²) < 4.78 is 1.97. The van der Waals surface area contributed by atoms with Crippen molar-refractivity contribution in [3.05, 3.63) is 64.4 Å². The number of benzene rings is 2. The van der Waals surface area contributed by atoms with Crippen LogP contribution in [-0.2, 0) is 6.54 Å². The van der Waals surface area contributed by atoms with Gasteiger partial charge in [-0.3, -0.25) is 4.79 Å². The molecular formula is C16H14N2OS. The van der Waals surface area contributed by atoms with Crippen LogP contribution >= 0.6 is 11.3 Å². The molecule has 0 aliphatic heterocycles. The lowest BCUT2D eigenvalue weighted by Gasteiger charge is -2.02. The third kappa shape index (κ3) is 2.30. The Hall–Kier alpha value is -2.20. The summed E-state index contributed by atoms with van der Waals surface area (Å²) in [6, 6.07) is 13.6. The largest absolute Gasteiger partial charge is 0.324 e. The van der Waals surface area contributed by atoms with Crippen LogP contribution in [0.1, 0.15) is 17.3 Å². The molecule has 0 unspecified atom stereocenters. The van der Waals surface area contributed by atoms with Crippen LogP contribution in [-0.4, -0.2) is 10.5 Å². The van der Waals surface area contributed by atoms with Gasteiger partial charge in [-0.1, -0.05) is 36.4 Å². The minimum atomic E-state index is -0.188. The lowest BCUT2D eigenvalue weighted by molar-refractivity contribution is 0.0999. The van der Waals surface area contributed by atoms with Crippen LogP contribution in [0.15, 0.2) is 59.0 Å². The lowest BCUT2D eigenvalue weighted by atomic mass is 10.0. The van der Waals surface area contributed by atoms with E-state index in [0.29, 0.717) is 5.56 Å². The molecule has 3 aromatic rings. The summed E-state index contributed by atoms with van der Waals surface area (Å²) in [5.74, 6) is -0.188. The number of thiazole rings is 1. The van der Waals surface area contributed by atoms with E-state index in [9.17, 15) is 4.79 Å². The normalized spacial score (nSPS) is 11.9. The minimum Gasteiger partial charge on any atom is -0.324 e. The summed E-state index contributed by atoms with van der Waals surface area (Å²) >= 11 is 1.48. The van der Waals surface area contributed by atoms with Gasteiger partial charge in [0.05, 0.1) is 0 Å². The summed E-state index contributed by atoms with van der Waals surface area (Å²) in [6.45, 7) is 2.85. The molecule has 3 nitrogen and oxygen atoms in total. The van der Waals surface area contributed by atoms with Crippen LogP contribution in [0.4, 0.5) is 0 Å². The van der Waals surface area contributed by atoms with E-state index in [0.717, 1.165) is 22.1 Å². The van der Waals surface area contributed by atoms with Crippen LogP contribution in [0.25, 0.3) is 10.8 Å². The Morgan fingerprint density at radius 2 is 2.00 bits per heavy atom. The molecule has 0 atom stereocenters. The van der Waals surface area contributed by atoms with Crippen molar-refractivity contribution < 1.29 is 4.79 Å². The maximum absolute atomic E-state index is 12.4. The molecule has 0 bridgehead atoms. The molecule has 0 spiro atoms. The average molecular weight is 282 g/mol. The van der Waals surface area contributed by atoms with Crippen molar-refractivity contribution in [1.82, 2.24) is 4.57 Å². The molecule has 1 amide bonds. The third-order valence-electron chi connectivity index (χ3n) is 3.22. The van der Waals surface area contributed by atoms with Crippen molar-refractivity contribution in [3.63, 3.8) is 0 Å². The SMILES string of the molecule is CCn1ccsc1=NC(=O)c1cccc2ccccc12. The second kappa shape index (κ2) is 5.43. The molecular weight excluding hydrogens is 268 g/mol. The highest BCUT2D eigenvalue weighted by molar-refractivity contribution is 7.07. The molecule has 0 aliphatic carbocycles. The lowest BCUT2D eigenvalue weighted by Crippen LogP contribution is -2.15.